The summed E-state index contributed by atoms with van der Waals surface area (Å²) in [5.74, 6) is -0.00508. The van der Waals surface area contributed by atoms with E-state index in [1.807, 2.05) is 19.1 Å². The van der Waals surface area contributed by atoms with Crippen molar-refractivity contribution < 1.29 is 4.79 Å². The van der Waals surface area contributed by atoms with E-state index >= 15 is 0 Å². The van der Waals surface area contributed by atoms with Gasteiger partial charge in [-0.2, -0.15) is 0 Å². The van der Waals surface area contributed by atoms with Crippen LogP contribution in [0.5, 0.6) is 0 Å². The molecule has 104 valence electrons. The molecule has 0 atom stereocenters. The first kappa shape index (κ1) is 14.5. The van der Waals surface area contributed by atoms with Gasteiger partial charge in [-0.1, -0.05) is 41.3 Å². The van der Waals surface area contributed by atoms with Crippen LogP contribution >= 0.6 is 15.9 Å². The molecule has 0 aliphatic heterocycles. The molecule has 0 bridgehead atoms. The maximum absolute atomic E-state index is 12.2. The largest absolute Gasteiger partial charge is 0.350 e. The molecule has 4 heteroatoms. The highest BCUT2D eigenvalue weighted by molar-refractivity contribution is 9.10. The van der Waals surface area contributed by atoms with Crippen LogP contribution in [-0.2, 0) is 11.3 Å². The van der Waals surface area contributed by atoms with Crippen LogP contribution in [0.2, 0.25) is 0 Å². The number of amides is 1. The fourth-order valence-corrected chi connectivity index (χ4v) is 3.09. The zero-order chi connectivity index (χ0) is 13.9. The Balaban J connectivity index is 1.96. The van der Waals surface area contributed by atoms with Crippen molar-refractivity contribution >= 4 is 21.8 Å². The Morgan fingerprint density at radius 2 is 2.05 bits per heavy atom. The highest BCUT2D eigenvalue weighted by Crippen LogP contribution is 2.26. The second-order valence-electron chi connectivity index (χ2n) is 5.47. The van der Waals surface area contributed by atoms with Gasteiger partial charge in [0.15, 0.2) is 0 Å². The molecular weight excluding hydrogens is 304 g/mol. The first-order valence-corrected chi connectivity index (χ1v) is 7.63. The molecule has 1 aromatic carbocycles. The van der Waals surface area contributed by atoms with Crippen LogP contribution in [0.1, 0.15) is 43.2 Å². The summed E-state index contributed by atoms with van der Waals surface area (Å²) >= 11 is 3.44. The van der Waals surface area contributed by atoms with Crippen molar-refractivity contribution in [2.24, 2.45) is 5.73 Å². The average Bonchev–Trinajstić information content (AvgIpc) is 2.38. The number of nitrogens with one attached hydrogen (secondary N) is 1. The quantitative estimate of drug-likeness (QED) is 0.897. The summed E-state index contributed by atoms with van der Waals surface area (Å²) < 4.78 is 1.06. The van der Waals surface area contributed by atoms with Gasteiger partial charge in [0.2, 0.25) is 5.91 Å². The molecule has 2 rings (SSSR count). The minimum Gasteiger partial charge on any atom is -0.350 e. The van der Waals surface area contributed by atoms with Gasteiger partial charge in [0.1, 0.15) is 0 Å². The predicted molar refractivity (Wildman–Crippen MR) is 80.7 cm³/mol. The zero-order valence-corrected chi connectivity index (χ0v) is 12.9. The lowest BCUT2D eigenvalue weighted by Crippen LogP contribution is -2.54. The molecule has 19 heavy (non-hydrogen) atoms. The third-order valence-electron chi connectivity index (χ3n) is 3.94. The van der Waals surface area contributed by atoms with E-state index in [0.29, 0.717) is 6.54 Å². The number of benzene rings is 1. The van der Waals surface area contributed by atoms with E-state index in [-0.39, 0.29) is 5.91 Å². The second-order valence-corrected chi connectivity index (χ2v) is 6.39. The van der Waals surface area contributed by atoms with E-state index in [0.717, 1.165) is 35.7 Å². The summed E-state index contributed by atoms with van der Waals surface area (Å²) in [6.45, 7) is 2.60. The van der Waals surface area contributed by atoms with Crippen LogP contribution in [0.15, 0.2) is 22.7 Å². The van der Waals surface area contributed by atoms with Crippen molar-refractivity contribution in [3.8, 4) is 0 Å². The van der Waals surface area contributed by atoms with Crippen molar-refractivity contribution in [2.45, 2.75) is 51.1 Å². The lowest BCUT2D eigenvalue weighted by atomic mass is 9.82. The molecule has 0 saturated heterocycles. The minimum atomic E-state index is -0.651. The van der Waals surface area contributed by atoms with Crippen molar-refractivity contribution in [2.75, 3.05) is 0 Å². The molecule has 3 N–H and O–H groups in total. The molecular formula is C15H21BrN2O. The van der Waals surface area contributed by atoms with Gasteiger partial charge in [-0.15, -0.1) is 0 Å². The van der Waals surface area contributed by atoms with Crippen LogP contribution in [-0.4, -0.2) is 11.4 Å². The Bertz CT molecular complexity index is 467. The fraction of sp³-hybridized carbons (Fsp3) is 0.533. The highest BCUT2D eigenvalue weighted by Gasteiger charge is 2.34. The molecule has 1 aliphatic rings. The van der Waals surface area contributed by atoms with Crippen LogP contribution in [0.3, 0.4) is 0 Å². The van der Waals surface area contributed by atoms with E-state index in [4.69, 9.17) is 5.73 Å². The van der Waals surface area contributed by atoms with Gasteiger partial charge in [-0.3, -0.25) is 4.79 Å². The Kier molecular flexibility index (Phi) is 4.63. The van der Waals surface area contributed by atoms with E-state index in [2.05, 4.69) is 27.3 Å². The Morgan fingerprint density at radius 1 is 1.37 bits per heavy atom. The molecule has 0 heterocycles. The normalized spacial score (nSPS) is 18.1. The summed E-state index contributed by atoms with van der Waals surface area (Å²) in [5, 5.41) is 2.99. The van der Waals surface area contributed by atoms with Gasteiger partial charge in [0, 0.05) is 11.0 Å². The lowest BCUT2D eigenvalue weighted by Gasteiger charge is -2.31. The molecule has 1 saturated carbocycles. The molecule has 0 radical (unpaired) electrons. The van der Waals surface area contributed by atoms with E-state index in [1.54, 1.807) is 0 Å². The van der Waals surface area contributed by atoms with Gasteiger partial charge >= 0.3 is 0 Å². The zero-order valence-electron chi connectivity index (χ0n) is 11.3. The minimum absolute atomic E-state index is 0.00508. The Hall–Kier alpha value is -0.870. The molecule has 0 aromatic heterocycles. The van der Waals surface area contributed by atoms with Crippen LogP contribution in [0.25, 0.3) is 0 Å². The maximum Gasteiger partial charge on any atom is 0.240 e. The molecule has 3 nitrogen and oxygen atoms in total. The molecule has 0 spiro atoms. The summed E-state index contributed by atoms with van der Waals surface area (Å²) in [6.07, 6.45) is 4.91. The maximum atomic E-state index is 12.2. The first-order chi connectivity index (χ1) is 9.01. The Morgan fingerprint density at radius 3 is 2.68 bits per heavy atom. The number of rotatable bonds is 3. The highest BCUT2D eigenvalue weighted by atomic mass is 79.9. The predicted octanol–water partition coefficient (Wildman–Crippen LogP) is 3.04. The van der Waals surface area contributed by atoms with Gasteiger partial charge in [0.05, 0.1) is 5.54 Å². The average molecular weight is 325 g/mol. The summed E-state index contributed by atoms with van der Waals surface area (Å²) in [5.41, 5.74) is 7.86. The van der Waals surface area contributed by atoms with Gasteiger partial charge in [-0.05, 0) is 43.0 Å². The molecule has 1 fully saturated rings. The third-order valence-corrected chi connectivity index (χ3v) is 4.44. The van der Waals surface area contributed by atoms with E-state index in [1.165, 1.54) is 12.0 Å². The molecule has 1 aliphatic carbocycles. The van der Waals surface area contributed by atoms with E-state index < -0.39 is 5.54 Å². The van der Waals surface area contributed by atoms with Crippen molar-refractivity contribution in [3.63, 3.8) is 0 Å². The topological polar surface area (TPSA) is 55.1 Å². The second kappa shape index (κ2) is 6.06. The van der Waals surface area contributed by atoms with Crippen molar-refractivity contribution in [1.82, 2.24) is 5.32 Å². The number of carbonyl (C=O) groups excluding carboxylic acids is 1. The van der Waals surface area contributed by atoms with Crippen LogP contribution in [0.4, 0.5) is 0 Å². The number of halogens is 1. The van der Waals surface area contributed by atoms with E-state index in [9.17, 15) is 4.79 Å². The number of carbonyl (C=O) groups is 1. The number of aryl methyl sites for hydroxylation is 1. The smallest absolute Gasteiger partial charge is 0.240 e. The summed E-state index contributed by atoms with van der Waals surface area (Å²) in [7, 11) is 0. The number of nitrogens with two attached hydrogens (primary N) is 1. The van der Waals surface area contributed by atoms with Crippen molar-refractivity contribution in [1.29, 1.82) is 0 Å². The standard InChI is InChI=1S/C15H21BrN2O/c1-11-9-13(16)6-5-12(11)10-18-14(19)15(17)7-3-2-4-8-15/h5-6,9H,2-4,7-8,10,17H2,1H3,(H,18,19). The Labute approximate surface area is 123 Å². The lowest BCUT2D eigenvalue weighted by molar-refractivity contribution is -0.127. The van der Waals surface area contributed by atoms with Gasteiger partial charge < -0.3 is 11.1 Å². The SMILES string of the molecule is Cc1cc(Br)ccc1CNC(=O)C1(N)CCCCC1. The van der Waals surface area contributed by atoms with Crippen LogP contribution in [0, 0.1) is 6.92 Å². The van der Waals surface area contributed by atoms with Gasteiger partial charge in [0.25, 0.3) is 0 Å². The third kappa shape index (κ3) is 3.57. The number of hydrogen-bond donors (Lipinski definition) is 2. The van der Waals surface area contributed by atoms with Gasteiger partial charge in [-0.25, -0.2) is 0 Å². The van der Waals surface area contributed by atoms with Crippen molar-refractivity contribution in [3.05, 3.63) is 33.8 Å². The number of hydrogen-bond acceptors (Lipinski definition) is 2. The van der Waals surface area contributed by atoms with Crippen LogP contribution < -0.4 is 11.1 Å². The fourth-order valence-electron chi connectivity index (χ4n) is 2.62. The first-order valence-electron chi connectivity index (χ1n) is 6.83. The molecule has 1 aromatic rings. The summed E-state index contributed by atoms with van der Waals surface area (Å²) in [6, 6.07) is 6.08. The monoisotopic (exact) mass is 324 g/mol. The molecule has 0 unspecified atom stereocenters. The summed E-state index contributed by atoms with van der Waals surface area (Å²) in [4.78, 5) is 12.2. The molecule has 1 amide bonds.